The van der Waals surface area contributed by atoms with Crippen molar-refractivity contribution in [2.24, 2.45) is 5.92 Å². The second kappa shape index (κ2) is 6.67. The lowest BCUT2D eigenvalue weighted by Gasteiger charge is -2.25. The molecule has 5 heteroatoms. The molecule has 0 radical (unpaired) electrons. The highest BCUT2D eigenvalue weighted by Gasteiger charge is 2.22. The van der Waals surface area contributed by atoms with E-state index in [9.17, 15) is 4.79 Å². The van der Waals surface area contributed by atoms with Crippen LogP contribution in [0, 0.1) is 5.92 Å². The lowest BCUT2D eigenvalue weighted by Crippen LogP contribution is -2.34. The first-order chi connectivity index (χ1) is 12.2. The zero-order valence-electron chi connectivity index (χ0n) is 14.2. The second-order valence-electron chi connectivity index (χ2n) is 6.49. The second-order valence-corrected chi connectivity index (χ2v) is 6.49. The van der Waals surface area contributed by atoms with E-state index in [1.54, 1.807) is 7.11 Å². The van der Waals surface area contributed by atoms with Gasteiger partial charge in [0.25, 0.3) is 5.91 Å². The summed E-state index contributed by atoms with van der Waals surface area (Å²) >= 11 is 0. The average Bonchev–Trinajstić information content (AvgIpc) is 3.13. The molecule has 2 aromatic carbocycles. The van der Waals surface area contributed by atoms with Crippen LogP contribution >= 0.6 is 0 Å². The van der Waals surface area contributed by atoms with Crippen molar-refractivity contribution in [1.29, 1.82) is 0 Å². The molecule has 2 aliphatic heterocycles. The van der Waals surface area contributed by atoms with Crippen molar-refractivity contribution < 1.29 is 19.0 Å². The molecule has 5 nitrogen and oxygen atoms in total. The van der Waals surface area contributed by atoms with Gasteiger partial charge in [-0.2, -0.15) is 0 Å². The van der Waals surface area contributed by atoms with Gasteiger partial charge in [-0.25, -0.2) is 0 Å². The minimum absolute atomic E-state index is 0.0461. The fourth-order valence-corrected chi connectivity index (χ4v) is 3.34. The lowest BCUT2D eigenvalue weighted by molar-refractivity contribution is 0.0939. The van der Waals surface area contributed by atoms with E-state index >= 15 is 0 Å². The third-order valence-electron chi connectivity index (χ3n) is 4.76. The molecule has 0 bridgehead atoms. The Hall–Kier alpha value is -2.69. The minimum atomic E-state index is -0.0461. The number of hydrogen-bond donors (Lipinski definition) is 1. The van der Waals surface area contributed by atoms with E-state index < -0.39 is 0 Å². The predicted octanol–water partition coefficient (Wildman–Crippen LogP) is 2.61. The van der Waals surface area contributed by atoms with Crippen molar-refractivity contribution in [2.45, 2.75) is 12.8 Å². The zero-order chi connectivity index (χ0) is 17.2. The van der Waals surface area contributed by atoms with Crippen LogP contribution in [0.4, 0.5) is 0 Å². The van der Waals surface area contributed by atoms with Crippen LogP contribution in [-0.2, 0) is 12.8 Å². The number of rotatable bonds is 4. The Balaban J connectivity index is 1.36. The SMILES string of the molecule is COc1ccc2c(c1)OC[C@H](CNC(=O)c1ccc3c(c1)CCO3)C2. The van der Waals surface area contributed by atoms with Gasteiger partial charge in [0.2, 0.25) is 0 Å². The summed E-state index contributed by atoms with van der Waals surface area (Å²) in [6.45, 7) is 1.89. The molecular formula is C20H21NO4. The number of nitrogens with one attached hydrogen (secondary N) is 1. The highest BCUT2D eigenvalue weighted by Crippen LogP contribution is 2.31. The van der Waals surface area contributed by atoms with Gasteiger partial charge in [-0.05, 0) is 41.8 Å². The molecule has 0 aliphatic carbocycles. The van der Waals surface area contributed by atoms with Crippen LogP contribution in [0.1, 0.15) is 21.5 Å². The maximum Gasteiger partial charge on any atom is 0.251 e. The normalized spacial score (nSPS) is 17.7. The molecule has 1 N–H and O–H groups in total. The van der Waals surface area contributed by atoms with Gasteiger partial charge in [0.15, 0.2) is 0 Å². The Morgan fingerprint density at radius 2 is 2.08 bits per heavy atom. The molecule has 2 aromatic rings. The standard InChI is InChI=1S/C20H21NO4/c1-23-17-4-2-14-8-13(12-25-19(14)10-17)11-21-20(22)16-3-5-18-15(9-16)6-7-24-18/h2-5,9-10,13H,6-8,11-12H2,1H3,(H,21,22)/t13-/m0/s1. The molecule has 2 heterocycles. The molecule has 0 fully saturated rings. The van der Waals surface area contributed by atoms with Crippen molar-refractivity contribution >= 4 is 5.91 Å². The summed E-state index contributed by atoms with van der Waals surface area (Å²) in [5.74, 6) is 2.79. The third-order valence-corrected chi connectivity index (χ3v) is 4.76. The summed E-state index contributed by atoms with van der Waals surface area (Å²) in [5, 5.41) is 3.03. The number of hydrogen-bond acceptors (Lipinski definition) is 4. The summed E-state index contributed by atoms with van der Waals surface area (Å²) in [6, 6.07) is 11.5. The highest BCUT2D eigenvalue weighted by atomic mass is 16.5. The molecule has 0 saturated carbocycles. The first kappa shape index (κ1) is 15.8. The molecule has 4 rings (SSSR count). The number of carbonyl (C=O) groups is 1. The predicted molar refractivity (Wildman–Crippen MR) is 93.7 cm³/mol. The van der Waals surface area contributed by atoms with E-state index in [1.165, 1.54) is 0 Å². The molecule has 2 aliphatic rings. The van der Waals surface area contributed by atoms with E-state index in [1.807, 2.05) is 36.4 Å². The minimum Gasteiger partial charge on any atom is -0.497 e. The fraction of sp³-hybridized carbons (Fsp3) is 0.350. The maximum absolute atomic E-state index is 12.4. The molecular weight excluding hydrogens is 318 g/mol. The monoisotopic (exact) mass is 339 g/mol. The topological polar surface area (TPSA) is 56.8 Å². The van der Waals surface area contributed by atoms with Gasteiger partial charge in [0.05, 0.1) is 20.3 Å². The van der Waals surface area contributed by atoms with Gasteiger partial charge < -0.3 is 19.5 Å². The van der Waals surface area contributed by atoms with Crippen molar-refractivity contribution in [3.8, 4) is 17.2 Å². The molecule has 0 saturated heterocycles. The summed E-state index contributed by atoms with van der Waals surface area (Å²) in [6.07, 6.45) is 1.75. The van der Waals surface area contributed by atoms with Crippen molar-refractivity contribution in [2.75, 3.05) is 26.9 Å². The summed E-state index contributed by atoms with van der Waals surface area (Å²) < 4.78 is 16.5. The number of carbonyl (C=O) groups excluding carboxylic acids is 1. The van der Waals surface area contributed by atoms with Crippen LogP contribution < -0.4 is 19.5 Å². The van der Waals surface area contributed by atoms with Crippen molar-refractivity contribution in [3.05, 3.63) is 53.1 Å². The Morgan fingerprint density at radius 1 is 1.16 bits per heavy atom. The lowest BCUT2D eigenvalue weighted by atomic mass is 9.96. The van der Waals surface area contributed by atoms with E-state index in [4.69, 9.17) is 14.2 Å². The van der Waals surface area contributed by atoms with E-state index in [2.05, 4.69) is 5.32 Å². The molecule has 130 valence electrons. The average molecular weight is 339 g/mol. The first-order valence-electron chi connectivity index (χ1n) is 8.56. The van der Waals surface area contributed by atoms with Crippen LogP contribution in [0.15, 0.2) is 36.4 Å². The van der Waals surface area contributed by atoms with Gasteiger partial charge in [-0.3, -0.25) is 4.79 Å². The molecule has 0 unspecified atom stereocenters. The Labute approximate surface area is 146 Å². The largest absolute Gasteiger partial charge is 0.497 e. The number of ether oxygens (including phenoxy) is 3. The molecule has 0 aromatic heterocycles. The summed E-state index contributed by atoms with van der Waals surface area (Å²) in [5.41, 5.74) is 2.95. The first-order valence-corrected chi connectivity index (χ1v) is 8.56. The van der Waals surface area contributed by atoms with Crippen LogP contribution in [0.3, 0.4) is 0 Å². The number of methoxy groups -OCH3 is 1. The fourth-order valence-electron chi connectivity index (χ4n) is 3.34. The van der Waals surface area contributed by atoms with Crippen molar-refractivity contribution in [1.82, 2.24) is 5.32 Å². The van der Waals surface area contributed by atoms with Gasteiger partial charge in [-0.1, -0.05) is 6.07 Å². The van der Waals surface area contributed by atoms with Crippen LogP contribution in [0.5, 0.6) is 17.2 Å². The van der Waals surface area contributed by atoms with Crippen LogP contribution in [0.2, 0.25) is 0 Å². The Morgan fingerprint density at radius 3 is 2.96 bits per heavy atom. The van der Waals surface area contributed by atoms with Gasteiger partial charge in [0.1, 0.15) is 17.2 Å². The third kappa shape index (κ3) is 3.27. The zero-order valence-corrected chi connectivity index (χ0v) is 14.2. The Bertz CT molecular complexity index is 802. The van der Waals surface area contributed by atoms with E-state index in [0.29, 0.717) is 25.3 Å². The summed E-state index contributed by atoms with van der Waals surface area (Å²) in [4.78, 5) is 12.4. The van der Waals surface area contributed by atoms with Crippen molar-refractivity contribution in [3.63, 3.8) is 0 Å². The van der Waals surface area contributed by atoms with Gasteiger partial charge in [0, 0.05) is 30.5 Å². The van der Waals surface area contributed by atoms with E-state index in [-0.39, 0.29) is 11.8 Å². The number of benzene rings is 2. The van der Waals surface area contributed by atoms with Gasteiger partial charge in [-0.15, -0.1) is 0 Å². The smallest absolute Gasteiger partial charge is 0.251 e. The molecule has 1 amide bonds. The molecule has 25 heavy (non-hydrogen) atoms. The summed E-state index contributed by atoms with van der Waals surface area (Å²) in [7, 11) is 1.65. The highest BCUT2D eigenvalue weighted by molar-refractivity contribution is 5.94. The van der Waals surface area contributed by atoms with Gasteiger partial charge >= 0.3 is 0 Å². The van der Waals surface area contributed by atoms with Crippen LogP contribution in [-0.4, -0.2) is 32.8 Å². The van der Waals surface area contributed by atoms with Crippen LogP contribution in [0.25, 0.3) is 0 Å². The number of amides is 1. The Kier molecular flexibility index (Phi) is 4.22. The molecule has 0 spiro atoms. The maximum atomic E-state index is 12.4. The molecule has 1 atom stereocenters. The van der Waals surface area contributed by atoms with E-state index in [0.717, 1.165) is 41.2 Å². The quantitative estimate of drug-likeness (QED) is 0.930. The number of fused-ring (bicyclic) bond motifs is 2.